The minimum Gasteiger partial charge on any atom is -0.462 e. The molecule has 1 aromatic carbocycles. The first-order chi connectivity index (χ1) is 14.4. The van der Waals surface area contributed by atoms with Crippen molar-refractivity contribution in [2.45, 2.75) is 13.8 Å². The van der Waals surface area contributed by atoms with E-state index < -0.39 is 11.9 Å². The third kappa shape index (κ3) is 4.79. The van der Waals surface area contributed by atoms with Crippen LogP contribution in [0.2, 0.25) is 5.02 Å². The standard InChI is InChI=1S/C22H17ClN2O4S/c1-3-28-22(27)19-18(14-5-7-16(23)8-6-14)12-30-21(19)25-20(26)15(11-24)10-17-9-4-13(2)29-17/h4-10,12H,3H2,1-2H3,(H,25,26). The molecule has 0 saturated carbocycles. The summed E-state index contributed by atoms with van der Waals surface area (Å²) in [5, 5.41) is 14.6. The zero-order valence-corrected chi connectivity index (χ0v) is 17.8. The Balaban J connectivity index is 1.96. The molecule has 0 fully saturated rings. The summed E-state index contributed by atoms with van der Waals surface area (Å²) in [5.41, 5.74) is 1.43. The van der Waals surface area contributed by atoms with Gasteiger partial charge in [0.2, 0.25) is 0 Å². The molecule has 0 saturated heterocycles. The molecule has 1 amide bonds. The van der Waals surface area contributed by atoms with Gasteiger partial charge < -0.3 is 14.5 Å². The van der Waals surface area contributed by atoms with E-state index >= 15 is 0 Å². The molecule has 152 valence electrons. The number of amides is 1. The van der Waals surface area contributed by atoms with Crippen molar-refractivity contribution < 1.29 is 18.7 Å². The van der Waals surface area contributed by atoms with E-state index in [1.807, 2.05) is 6.07 Å². The number of hydrogen-bond donors (Lipinski definition) is 1. The molecule has 2 aromatic heterocycles. The van der Waals surface area contributed by atoms with Gasteiger partial charge in [0.25, 0.3) is 5.91 Å². The lowest BCUT2D eigenvalue weighted by atomic mass is 10.0. The van der Waals surface area contributed by atoms with Crippen molar-refractivity contribution in [3.05, 3.63) is 69.5 Å². The zero-order valence-electron chi connectivity index (χ0n) is 16.2. The maximum Gasteiger partial charge on any atom is 0.341 e. The molecule has 0 radical (unpaired) electrons. The fourth-order valence-corrected chi connectivity index (χ4v) is 3.77. The molecular weight excluding hydrogens is 424 g/mol. The number of nitriles is 1. The largest absolute Gasteiger partial charge is 0.462 e. The number of aryl methyl sites for hydroxylation is 1. The first kappa shape index (κ1) is 21.4. The lowest BCUT2D eigenvalue weighted by Crippen LogP contribution is -2.16. The third-order valence-electron chi connectivity index (χ3n) is 4.07. The first-order valence-corrected chi connectivity index (χ1v) is 10.2. The Morgan fingerprint density at radius 3 is 2.60 bits per heavy atom. The number of ether oxygens (including phenoxy) is 1. The van der Waals surface area contributed by atoms with Crippen LogP contribution in [0.5, 0.6) is 0 Å². The topological polar surface area (TPSA) is 92.3 Å². The smallest absolute Gasteiger partial charge is 0.341 e. The SMILES string of the molecule is CCOC(=O)c1c(-c2ccc(Cl)cc2)csc1NC(=O)C(C#N)=Cc1ccc(C)o1. The van der Waals surface area contributed by atoms with Crippen LogP contribution >= 0.6 is 22.9 Å². The number of nitrogens with one attached hydrogen (secondary N) is 1. The van der Waals surface area contributed by atoms with E-state index in [0.717, 1.165) is 5.56 Å². The number of rotatable bonds is 6. The van der Waals surface area contributed by atoms with E-state index in [4.69, 9.17) is 20.8 Å². The number of halogens is 1. The zero-order chi connectivity index (χ0) is 21.7. The number of benzene rings is 1. The van der Waals surface area contributed by atoms with Crippen LogP contribution in [0.3, 0.4) is 0 Å². The number of anilines is 1. The Morgan fingerprint density at radius 2 is 2.00 bits per heavy atom. The third-order valence-corrected chi connectivity index (χ3v) is 5.21. The van der Waals surface area contributed by atoms with Crippen molar-refractivity contribution in [1.82, 2.24) is 0 Å². The Labute approximate surface area is 182 Å². The predicted molar refractivity (Wildman–Crippen MR) is 116 cm³/mol. The van der Waals surface area contributed by atoms with Crippen molar-refractivity contribution in [3.8, 4) is 17.2 Å². The summed E-state index contributed by atoms with van der Waals surface area (Å²) in [5.74, 6) is -0.169. The summed E-state index contributed by atoms with van der Waals surface area (Å²) in [6.45, 7) is 3.65. The molecule has 8 heteroatoms. The van der Waals surface area contributed by atoms with Crippen LogP contribution < -0.4 is 5.32 Å². The molecule has 3 rings (SSSR count). The number of hydrogen-bond acceptors (Lipinski definition) is 6. The van der Waals surface area contributed by atoms with Gasteiger partial charge in [0.05, 0.1) is 6.61 Å². The number of thiophene rings is 1. The summed E-state index contributed by atoms with van der Waals surface area (Å²) in [4.78, 5) is 25.3. The normalized spacial score (nSPS) is 11.1. The van der Waals surface area contributed by atoms with Crippen molar-refractivity contribution in [2.24, 2.45) is 0 Å². The van der Waals surface area contributed by atoms with E-state index in [-0.39, 0.29) is 17.7 Å². The number of esters is 1. The van der Waals surface area contributed by atoms with Gasteiger partial charge in [-0.25, -0.2) is 4.79 Å². The van der Waals surface area contributed by atoms with Gasteiger partial charge in [-0.05, 0) is 43.7 Å². The maximum absolute atomic E-state index is 12.7. The van der Waals surface area contributed by atoms with Crippen molar-refractivity contribution in [1.29, 1.82) is 5.26 Å². The van der Waals surface area contributed by atoms with E-state index in [2.05, 4.69) is 5.32 Å². The molecule has 1 N–H and O–H groups in total. The Kier molecular flexibility index (Phi) is 6.72. The minimum absolute atomic E-state index is 0.152. The van der Waals surface area contributed by atoms with Gasteiger partial charge in [-0.15, -0.1) is 11.3 Å². The summed E-state index contributed by atoms with van der Waals surface area (Å²) >= 11 is 7.12. The molecule has 2 heterocycles. The highest BCUT2D eigenvalue weighted by atomic mass is 35.5. The van der Waals surface area contributed by atoms with Crippen LogP contribution in [0.1, 0.15) is 28.8 Å². The fourth-order valence-electron chi connectivity index (χ4n) is 2.69. The van der Waals surface area contributed by atoms with E-state index in [1.165, 1.54) is 17.4 Å². The quantitative estimate of drug-likeness (QED) is 0.302. The number of nitrogens with zero attached hydrogens (tertiary/aromatic N) is 1. The number of carbonyl (C=O) groups is 2. The molecule has 6 nitrogen and oxygen atoms in total. The highest BCUT2D eigenvalue weighted by Gasteiger charge is 2.24. The molecule has 30 heavy (non-hydrogen) atoms. The molecule has 0 aliphatic heterocycles. The summed E-state index contributed by atoms with van der Waals surface area (Å²) < 4.78 is 10.6. The Morgan fingerprint density at radius 1 is 1.27 bits per heavy atom. The van der Waals surface area contributed by atoms with Crippen LogP contribution in [0, 0.1) is 18.3 Å². The molecular formula is C22H17ClN2O4S. The maximum atomic E-state index is 12.7. The lowest BCUT2D eigenvalue weighted by Gasteiger charge is -2.08. The van der Waals surface area contributed by atoms with Gasteiger partial charge in [0.1, 0.15) is 33.7 Å². The highest BCUT2D eigenvalue weighted by Crippen LogP contribution is 2.37. The number of carbonyl (C=O) groups excluding carboxylic acids is 2. The monoisotopic (exact) mass is 440 g/mol. The van der Waals surface area contributed by atoms with E-state index in [9.17, 15) is 14.9 Å². The molecule has 0 aliphatic rings. The molecule has 0 spiro atoms. The second kappa shape index (κ2) is 9.44. The number of furan rings is 1. The van der Waals surface area contributed by atoms with Crippen molar-refractivity contribution >= 4 is 45.9 Å². The van der Waals surface area contributed by atoms with Crippen molar-refractivity contribution in [3.63, 3.8) is 0 Å². The van der Waals surface area contributed by atoms with Gasteiger partial charge in [0, 0.05) is 22.0 Å². The van der Waals surface area contributed by atoms with Gasteiger partial charge in [-0.2, -0.15) is 5.26 Å². The summed E-state index contributed by atoms with van der Waals surface area (Å²) in [6.07, 6.45) is 1.35. The Hall–Kier alpha value is -3.34. The average Bonchev–Trinajstić information content (AvgIpc) is 3.32. The summed E-state index contributed by atoms with van der Waals surface area (Å²) in [6, 6.07) is 12.2. The van der Waals surface area contributed by atoms with Crippen LogP contribution in [0.15, 0.2) is 51.8 Å². The van der Waals surface area contributed by atoms with Crippen LogP contribution in [0.25, 0.3) is 17.2 Å². The lowest BCUT2D eigenvalue weighted by molar-refractivity contribution is -0.112. The second-order valence-corrected chi connectivity index (χ2v) is 7.47. The van der Waals surface area contributed by atoms with Gasteiger partial charge in [-0.1, -0.05) is 23.7 Å². The molecule has 3 aromatic rings. The van der Waals surface area contributed by atoms with Gasteiger partial charge >= 0.3 is 5.97 Å². The predicted octanol–water partition coefficient (Wildman–Crippen LogP) is 5.69. The van der Waals surface area contributed by atoms with E-state index in [1.54, 1.807) is 55.6 Å². The van der Waals surface area contributed by atoms with Crippen LogP contribution in [-0.2, 0) is 9.53 Å². The Bertz CT molecular complexity index is 1150. The van der Waals surface area contributed by atoms with Gasteiger partial charge in [0.15, 0.2) is 0 Å². The van der Waals surface area contributed by atoms with Crippen LogP contribution in [0.4, 0.5) is 5.00 Å². The van der Waals surface area contributed by atoms with Gasteiger partial charge in [-0.3, -0.25) is 4.79 Å². The second-order valence-electron chi connectivity index (χ2n) is 6.15. The first-order valence-electron chi connectivity index (χ1n) is 8.97. The highest BCUT2D eigenvalue weighted by molar-refractivity contribution is 7.15. The molecule has 0 bridgehead atoms. The van der Waals surface area contributed by atoms with Crippen LogP contribution in [-0.4, -0.2) is 18.5 Å². The molecule has 0 atom stereocenters. The molecule has 0 aliphatic carbocycles. The fraction of sp³-hybridized carbons (Fsp3) is 0.136. The summed E-state index contributed by atoms with van der Waals surface area (Å²) in [7, 11) is 0. The average molecular weight is 441 g/mol. The van der Waals surface area contributed by atoms with E-state index in [0.29, 0.717) is 27.1 Å². The van der Waals surface area contributed by atoms with Crippen molar-refractivity contribution in [2.75, 3.05) is 11.9 Å². The molecule has 0 unspecified atom stereocenters. The minimum atomic E-state index is -0.651.